The second kappa shape index (κ2) is 4.92. The Hall–Kier alpha value is -2.44. The number of hydrogen-bond donors (Lipinski definition) is 1. The Bertz CT molecular complexity index is 740. The van der Waals surface area contributed by atoms with Crippen molar-refractivity contribution >= 4 is 16.9 Å². The lowest BCUT2D eigenvalue weighted by molar-refractivity contribution is 0.649. The Morgan fingerprint density at radius 3 is 2.85 bits per heavy atom. The molecule has 0 aliphatic carbocycles. The predicted octanol–water partition coefficient (Wildman–Crippen LogP) is 1.35. The molecule has 0 fully saturated rings. The molecule has 0 aliphatic rings. The first kappa shape index (κ1) is 12.6. The van der Waals surface area contributed by atoms with Crippen LogP contribution in [0.3, 0.4) is 0 Å². The van der Waals surface area contributed by atoms with Gasteiger partial charge in [0, 0.05) is 19.8 Å². The van der Waals surface area contributed by atoms with Gasteiger partial charge in [0.25, 0.3) is 0 Å². The molecule has 0 spiro atoms. The molecule has 0 saturated carbocycles. The van der Waals surface area contributed by atoms with Crippen LogP contribution in [-0.4, -0.2) is 36.1 Å². The molecule has 20 heavy (non-hydrogen) atoms. The van der Waals surface area contributed by atoms with Crippen molar-refractivity contribution in [2.75, 3.05) is 11.9 Å². The van der Waals surface area contributed by atoms with Crippen LogP contribution in [0.25, 0.3) is 11.0 Å². The van der Waals surface area contributed by atoms with Crippen molar-refractivity contribution < 1.29 is 0 Å². The summed E-state index contributed by atoms with van der Waals surface area (Å²) in [5.74, 6) is 1.55. The summed E-state index contributed by atoms with van der Waals surface area (Å²) in [7, 11) is 1.88. The van der Waals surface area contributed by atoms with E-state index in [1.165, 1.54) is 0 Å². The molecule has 0 aliphatic heterocycles. The van der Waals surface area contributed by atoms with Gasteiger partial charge in [-0.25, -0.2) is 9.97 Å². The van der Waals surface area contributed by atoms with Gasteiger partial charge in [0.05, 0.1) is 17.3 Å². The molecule has 1 N–H and O–H groups in total. The average Bonchev–Trinajstić information content (AvgIpc) is 2.98. The molecule has 3 rings (SSSR count). The summed E-state index contributed by atoms with van der Waals surface area (Å²) >= 11 is 0. The number of rotatable bonds is 4. The molecule has 0 atom stereocenters. The molecular formula is C13H17N7. The largest absolute Gasteiger partial charge is 0.370 e. The smallest absolute Gasteiger partial charge is 0.163 e. The van der Waals surface area contributed by atoms with Crippen LogP contribution in [0.1, 0.15) is 18.4 Å². The van der Waals surface area contributed by atoms with E-state index in [0.29, 0.717) is 6.54 Å². The molecular weight excluding hydrogens is 254 g/mol. The maximum Gasteiger partial charge on any atom is 0.163 e. The summed E-state index contributed by atoms with van der Waals surface area (Å²) in [5, 5.41) is 12.8. The Morgan fingerprint density at radius 2 is 2.15 bits per heavy atom. The highest BCUT2D eigenvalue weighted by Crippen LogP contribution is 2.19. The zero-order valence-corrected chi connectivity index (χ0v) is 11.8. The Morgan fingerprint density at radius 1 is 1.30 bits per heavy atom. The normalized spacial score (nSPS) is 11.2. The second-order valence-electron chi connectivity index (χ2n) is 4.68. The van der Waals surface area contributed by atoms with Crippen LogP contribution in [0, 0.1) is 6.92 Å². The zero-order chi connectivity index (χ0) is 14.1. The number of aromatic nitrogens is 6. The first-order chi connectivity index (χ1) is 9.67. The fraction of sp³-hybridized carbons (Fsp3) is 0.385. The first-order valence-corrected chi connectivity index (χ1v) is 6.60. The third-order valence-corrected chi connectivity index (χ3v) is 3.06. The minimum atomic E-state index is 0.549. The van der Waals surface area contributed by atoms with Crippen molar-refractivity contribution in [1.82, 2.24) is 29.5 Å². The van der Waals surface area contributed by atoms with Crippen LogP contribution >= 0.6 is 0 Å². The third kappa shape index (κ3) is 2.22. The molecule has 3 aromatic heterocycles. The van der Waals surface area contributed by atoms with Crippen LogP contribution in [0.15, 0.2) is 18.5 Å². The summed E-state index contributed by atoms with van der Waals surface area (Å²) in [6, 6.07) is 1.97. The number of nitrogens with zero attached hydrogens (tertiary/aromatic N) is 6. The lowest BCUT2D eigenvalue weighted by Gasteiger charge is -2.07. The molecule has 7 heteroatoms. The van der Waals surface area contributed by atoms with Crippen molar-refractivity contribution in [3.63, 3.8) is 0 Å². The van der Waals surface area contributed by atoms with Gasteiger partial charge in [-0.3, -0.25) is 9.36 Å². The molecule has 0 aromatic carbocycles. The zero-order valence-electron chi connectivity index (χ0n) is 11.8. The van der Waals surface area contributed by atoms with Crippen LogP contribution in [0.5, 0.6) is 0 Å². The average molecular weight is 271 g/mol. The van der Waals surface area contributed by atoms with Crippen molar-refractivity contribution in [1.29, 1.82) is 0 Å². The summed E-state index contributed by atoms with van der Waals surface area (Å²) in [6.45, 7) is 5.36. The van der Waals surface area contributed by atoms with Crippen LogP contribution in [0.2, 0.25) is 0 Å². The summed E-state index contributed by atoms with van der Waals surface area (Å²) in [5.41, 5.74) is 1.81. The highest BCUT2D eigenvalue weighted by molar-refractivity contribution is 5.86. The van der Waals surface area contributed by atoms with E-state index in [-0.39, 0.29) is 0 Å². The van der Waals surface area contributed by atoms with E-state index in [2.05, 4.69) is 25.5 Å². The van der Waals surface area contributed by atoms with Gasteiger partial charge < -0.3 is 5.32 Å². The van der Waals surface area contributed by atoms with Gasteiger partial charge in [-0.05, 0) is 19.9 Å². The molecule has 3 aromatic rings. The van der Waals surface area contributed by atoms with Gasteiger partial charge in [-0.2, -0.15) is 10.2 Å². The highest BCUT2D eigenvalue weighted by atomic mass is 15.3. The van der Waals surface area contributed by atoms with Crippen LogP contribution < -0.4 is 5.32 Å². The molecule has 104 valence electrons. The van der Waals surface area contributed by atoms with Gasteiger partial charge in [0.15, 0.2) is 11.5 Å². The lowest BCUT2D eigenvalue weighted by Crippen LogP contribution is -2.09. The van der Waals surface area contributed by atoms with Crippen molar-refractivity contribution in [3.8, 4) is 0 Å². The van der Waals surface area contributed by atoms with Gasteiger partial charge in [-0.15, -0.1) is 0 Å². The van der Waals surface area contributed by atoms with E-state index in [0.717, 1.165) is 34.9 Å². The quantitative estimate of drug-likeness (QED) is 0.775. The highest BCUT2D eigenvalue weighted by Gasteiger charge is 2.11. The minimum Gasteiger partial charge on any atom is -0.370 e. The molecule has 0 amide bonds. The maximum absolute atomic E-state index is 4.57. The maximum atomic E-state index is 4.57. The predicted molar refractivity (Wildman–Crippen MR) is 76.5 cm³/mol. The van der Waals surface area contributed by atoms with Gasteiger partial charge in [0.1, 0.15) is 12.4 Å². The van der Waals surface area contributed by atoms with E-state index in [1.807, 2.05) is 37.8 Å². The fourth-order valence-electron chi connectivity index (χ4n) is 2.14. The number of aryl methyl sites for hydroxylation is 2. The molecule has 0 bridgehead atoms. The second-order valence-corrected chi connectivity index (χ2v) is 4.68. The van der Waals surface area contributed by atoms with E-state index in [1.54, 1.807) is 10.9 Å². The topological polar surface area (TPSA) is 73.5 Å². The number of fused-ring (bicyclic) bond motifs is 1. The standard InChI is InChI=1S/C13H17N7/c1-4-14-12-10-7-15-19(3)13(10)17-11(16-12)8-20-6-5-9(2)18-20/h5-7H,4,8H2,1-3H3,(H,14,16,17). The SMILES string of the molecule is CCNc1nc(Cn2ccc(C)n2)nc2c1cnn2C. The number of anilines is 1. The molecule has 0 radical (unpaired) electrons. The lowest BCUT2D eigenvalue weighted by atomic mass is 10.3. The van der Waals surface area contributed by atoms with E-state index >= 15 is 0 Å². The third-order valence-electron chi connectivity index (χ3n) is 3.06. The first-order valence-electron chi connectivity index (χ1n) is 6.60. The van der Waals surface area contributed by atoms with E-state index < -0.39 is 0 Å². The fourth-order valence-corrected chi connectivity index (χ4v) is 2.14. The van der Waals surface area contributed by atoms with Crippen molar-refractivity contribution in [3.05, 3.63) is 30.0 Å². The number of hydrogen-bond acceptors (Lipinski definition) is 5. The van der Waals surface area contributed by atoms with Crippen molar-refractivity contribution in [2.24, 2.45) is 7.05 Å². The molecule has 0 unspecified atom stereocenters. The molecule has 0 saturated heterocycles. The minimum absolute atomic E-state index is 0.549. The Kier molecular flexibility index (Phi) is 3.09. The summed E-state index contributed by atoms with van der Waals surface area (Å²) in [6.07, 6.45) is 3.72. The van der Waals surface area contributed by atoms with Gasteiger partial charge >= 0.3 is 0 Å². The van der Waals surface area contributed by atoms with Crippen molar-refractivity contribution in [2.45, 2.75) is 20.4 Å². The Labute approximate surface area is 116 Å². The van der Waals surface area contributed by atoms with Gasteiger partial charge in [-0.1, -0.05) is 0 Å². The van der Waals surface area contributed by atoms with E-state index in [4.69, 9.17) is 0 Å². The Balaban J connectivity index is 2.04. The molecule has 7 nitrogen and oxygen atoms in total. The van der Waals surface area contributed by atoms with Crippen LogP contribution in [-0.2, 0) is 13.6 Å². The molecule has 3 heterocycles. The summed E-state index contributed by atoms with van der Waals surface area (Å²) < 4.78 is 3.60. The van der Waals surface area contributed by atoms with E-state index in [9.17, 15) is 0 Å². The number of nitrogens with one attached hydrogen (secondary N) is 1. The monoisotopic (exact) mass is 271 g/mol. The van der Waals surface area contributed by atoms with Gasteiger partial charge in [0.2, 0.25) is 0 Å². The van der Waals surface area contributed by atoms with Crippen LogP contribution in [0.4, 0.5) is 5.82 Å². The summed E-state index contributed by atoms with van der Waals surface area (Å²) in [4.78, 5) is 9.14.